The molecule has 0 atom stereocenters. The molecule has 2 aromatic carbocycles. The fourth-order valence-electron chi connectivity index (χ4n) is 1.78. The van der Waals surface area contributed by atoms with Gasteiger partial charge in [-0.1, -0.05) is 6.92 Å². The van der Waals surface area contributed by atoms with Gasteiger partial charge in [0.2, 0.25) is 0 Å². The Hall–Kier alpha value is -2.94. The van der Waals surface area contributed by atoms with Crippen LogP contribution in [0.15, 0.2) is 36.4 Å². The van der Waals surface area contributed by atoms with Gasteiger partial charge in [-0.15, -0.1) is 0 Å². The first-order valence-electron chi connectivity index (χ1n) is 6.89. The molecule has 0 unspecified atom stereocenters. The maximum Gasteiger partial charge on any atom is 0.346 e. The quantitative estimate of drug-likeness (QED) is 0.621. The zero-order chi connectivity index (χ0) is 16.8. The second kappa shape index (κ2) is 7.36. The molecular formula is C17H13F2NO3. The van der Waals surface area contributed by atoms with Crippen molar-refractivity contribution in [1.82, 2.24) is 0 Å². The van der Waals surface area contributed by atoms with E-state index in [1.54, 1.807) is 6.07 Å². The van der Waals surface area contributed by atoms with E-state index in [4.69, 9.17) is 14.7 Å². The normalized spacial score (nSPS) is 10.0. The second-order valence-electron chi connectivity index (χ2n) is 4.63. The van der Waals surface area contributed by atoms with Gasteiger partial charge in [-0.3, -0.25) is 0 Å². The molecule has 2 rings (SSSR count). The van der Waals surface area contributed by atoms with E-state index >= 15 is 0 Å². The van der Waals surface area contributed by atoms with Crippen LogP contribution in [0.25, 0.3) is 0 Å². The molecule has 0 aromatic heterocycles. The zero-order valence-electron chi connectivity index (χ0n) is 12.3. The largest absolute Gasteiger partial charge is 0.494 e. The first-order valence-corrected chi connectivity index (χ1v) is 6.89. The zero-order valence-corrected chi connectivity index (χ0v) is 12.3. The Morgan fingerprint density at radius 1 is 1.13 bits per heavy atom. The molecule has 0 N–H and O–H groups in total. The standard InChI is InChI=1S/C17H13F2NO3/c1-2-7-22-12-5-6-14(16(19)8-12)17(21)23-13-4-3-11(10-20)15(18)9-13/h3-6,8-9H,2,7H2,1H3. The van der Waals surface area contributed by atoms with Gasteiger partial charge in [0, 0.05) is 12.1 Å². The lowest BCUT2D eigenvalue weighted by Crippen LogP contribution is -2.11. The Balaban J connectivity index is 2.14. The molecule has 0 aliphatic rings. The van der Waals surface area contributed by atoms with Gasteiger partial charge in [-0.05, 0) is 30.7 Å². The third-order valence-corrected chi connectivity index (χ3v) is 2.90. The first-order chi connectivity index (χ1) is 11.0. The van der Waals surface area contributed by atoms with E-state index in [2.05, 4.69) is 0 Å². The summed E-state index contributed by atoms with van der Waals surface area (Å²) < 4.78 is 37.6. The summed E-state index contributed by atoms with van der Waals surface area (Å²) >= 11 is 0. The van der Waals surface area contributed by atoms with Crippen LogP contribution in [0, 0.1) is 23.0 Å². The smallest absolute Gasteiger partial charge is 0.346 e. The summed E-state index contributed by atoms with van der Waals surface area (Å²) in [7, 11) is 0. The lowest BCUT2D eigenvalue weighted by molar-refractivity contribution is 0.0729. The predicted molar refractivity (Wildman–Crippen MR) is 78.3 cm³/mol. The van der Waals surface area contributed by atoms with Crippen LogP contribution in [0.1, 0.15) is 29.3 Å². The molecule has 23 heavy (non-hydrogen) atoms. The highest BCUT2D eigenvalue weighted by atomic mass is 19.1. The highest BCUT2D eigenvalue weighted by Crippen LogP contribution is 2.21. The SMILES string of the molecule is CCCOc1ccc(C(=O)Oc2ccc(C#N)c(F)c2)c(F)c1. The molecule has 0 aliphatic carbocycles. The van der Waals surface area contributed by atoms with Crippen molar-refractivity contribution in [2.75, 3.05) is 6.61 Å². The van der Waals surface area contributed by atoms with E-state index in [-0.39, 0.29) is 16.9 Å². The van der Waals surface area contributed by atoms with E-state index in [0.717, 1.165) is 18.6 Å². The molecule has 2 aromatic rings. The molecule has 0 fully saturated rings. The van der Waals surface area contributed by atoms with Crippen LogP contribution >= 0.6 is 0 Å². The highest BCUT2D eigenvalue weighted by molar-refractivity contribution is 5.91. The summed E-state index contributed by atoms with van der Waals surface area (Å²) in [4.78, 5) is 11.9. The molecule has 0 aliphatic heterocycles. The summed E-state index contributed by atoms with van der Waals surface area (Å²) in [6.45, 7) is 2.35. The highest BCUT2D eigenvalue weighted by Gasteiger charge is 2.16. The number of hydrogen-bond donors (Lipinski definition) is 0. The van der Waals surface area contributed by atoms with Gasteiger partial charge < -0.3 is 9.47 Å². The number of rotatable bonds is 5. The molecule has 0 amide bonds. The van der Waals surface area contributed by atoms with Gasteiger partial charge in [0.15, 0.2) is 0 Å². The molecule has 4 nitrogen and oxygen atoms in total. The Bertz CT molecular complexity index is 769. The first kappa shape index (κ1) is 16.4. The maximum absolute atomic E-state index is 13.9. The summed E-state index contributed by atoms with van der Waals surface area (Å²) in [6.07, 6.45) is 0.773. The summed E-state index contributed by atoms with van der Waals surface area (Å²) in [5, 5.41) is 8.63. The summed E-state index contributed by atoms with van der Waals surface area (Å²) in [5.74, 6) is -2.38. The molecule has 118 valence electrons. The van der Waals surface area contributed by atoms with Crippen LogP contribution in [0.4, 0.5) is 8.78 Å². The minimum atomic E-state index is -0.964. The van der Waals surface area contributed by atoms with Crippen molar-refractivity contribution in [3.63, 3.8) is 0 Å². The van der Waals surface area contributed by atoms with E-state index in [1.165, 1.54) is 24.3 Å². The van der Waals surface area contributed by atoms with Crippen molar-refractivity contribution >= 4 is 5.97 Å². The number of halogens is 2. The van der Waals surface area contributed by atoms with Gasteiger partial charge in [-0.2, -0.15) is 5.26 Å². The van der Waals surface area contributed by atoms with Gasteiger partial charge in [0.25, 0.3) is 0 Å². The third-order valence-electron chi connectivity index (χ3n) is 2.90. The second-order valence-corrected chi connectivity index (χ2v) is 4.63. The predicted octanol–water partition coefficient (Wildman–Crippen LogP) is 3.84. The van der Waals surface area contributed by atoms with Crippen LogP contribution in [0.3, 0.4) is 0 Å². The van der Waals surface area contributed by atoms with Crippen molar-refractivity contribution in [2.45, 2.75) is 13.3 Å². The van der Waals surface area contributed by atoms with Crippen LogP contribution in [0.5, 0.6) is 11.5 Å². The number of benzene rings is 2. The topological polar surface area (TPSA) is 59.3 Å². The Labute approximate surface area is 131 Å². The molecule has 0 spiro atoms. The van der Waals surface area contributed by atoms with E-state index in [9.17, 15) is 13.6 Å². The van der Waals surface area contributed by atoms with Crippen molar-refractivity contribution in [3.8, 4) is 17.6 Å². The third kappa shape index (κ3) is 4.04. The van der Waals surface area contributed by atoms with E-state index in [0.29, 0.717) is 12.4 Å². The lowest BCUT2D eigenvalue weighted by Gasteiger charge is -2.08. The Kier molecular flexibility index (Phi) is 5.26. The van der Waals surface area contributed by atoms with Gasteiger partial charge in [-0.25, -0.2) is 13.6 Å². The van der Waals surface area contributed by atoms with Crippen LogP contribution in [0.2, 0.25) is 0 Å². The molecule has 0 bridgehead atoms. The van der Waals surface area contributed by atoms with Crippen LogP contribution in [-0.2, 0) is 0 Å². The Morgan fingerprint density at radius 3 is 2.43 bits per heavy atom. The number of carbonyl (C=O) groups excluding carboxylic acids is 1. The van der Waals surface area contributed by atoms with Gasteiger partial charge >= 0.3 is 5.97 Å². The van der Waals surface area contributed by atoms with Gasteiger partial charge in [0.05, 0.1) is 17.7 Å². The monoisotopic (exact) mass is 317 g/mol. The summed E-state index contributed by atoms with van der Waals surface area (Å²) in [5.41, 5.74) is -0.466. The number of carbonyl (C=O) groups is 1. The number of nitrogens with zero attached hydrogens (tertiary/aromatic N) is 1. The number of ether oxygens (including phenoxy) is 2. The number of nitriles is 1. The lowest BCUT2D eigenvalue weighted by atomic mass is 10.2. The molecule has 0 radical (unpaired) electrons. The van der Waals surface area contributed by atoms with E-state index in [1.807, 2.05) is 6.92 Å². The van der Waals surface area contributed by atoms with E-state index < -0.39 is 17.6 Å². The Morgan fingerprint density at radius 2 is 1.83 bits per heavy atom. The fraction of sp³-hybridized carbons (Fsp3) is 0.176. The molecular weight excluding hydrogens is 304 g/mol. The van der Waals surface area contributed by atoms with Crippen LogP contribution in [-0.4, -0.2) is 12.6 Å². The number of esters is 1. The number of hydrogen-bond acceptors (Lipinski definition) is 4. The molecule has 0 saturated heterocycles. The summed E-state index contributed by atoms with van der Waals surface area (Å²) in [6, 6.07) is 8.76. The van der Waals surface area contributed by atoms with Crippen molar-refractivity contribution in [3.05, 3.63) is 59.2 Å². The van der Waals surface area contributed by atoms with Crippen molar-refractivity contribution < 1.29 is 23.0 Å². The average molecular weight is 317 g/mol. The fourth-order valence-corrected chi connectivity index (χ4v) is 1.78. The maximum atomic E-state index is 13.9. The van der Waals surface area contributed by atoms with Crippen LogP contribution < -0.4 is 9.47 Å². The average Bonchev–Trinajstić information content (AvgIpc) is 2.53. The minimum absolute atomic E-state index is 0.114. The van der Waals surface area contributed by atoms with Crippen molar-refractivity contribution in [1.29, 1.82) is 5.26 Å². The molecule has 0 saturated carbocycles. The molecule has 0 heterocycles. The minimum Gasteiger partial charge on any atom is -0.494 e. The van der Waals surface area contributed by atoms with Gasteiger partial charge in [0.1, 0.15) is 29.2 Å². The molecule has 6 heteroatoms. The van der Waals surface area contributed by atoms with Crippen molar-refractivity contribution in [2.24, 2.45) is 0 Å².